The Kier molecular flexibility index (Phi) is 8.45. The molecule has 0 radical (unpaired) electrons. The number of halogens is 6. The highest BCUT2D eigenvalue weighted by Gasteiger charge is 2.43. The van der Waals surface area contributed by atoms with Crippen LogP contribution in [0.2, 0.25) is 0 Å². The molecule has 0 spiro atoms. The van der Waals surface area contributed by atoms with Crippen LogP contribution < -0.4 is 5.32 Å². The van der Waals surface area contributed by atoms with Gasteiger partial charge in [0.25, 0.3) is 5.91 Å². The lowest BCUT2D eigenvalue weighted by Gasteiger charge is -2.40. The number of amides is 1. The van der Waals surface area contributed by atoms with Crippen LogP contribution in [0.25, 0.3) is 0 Å². The molecule has 1 fully saturated rings. The van der Waals surface area contributed by atoms with Crippen LogP contribution in [0.15, 0.2) is 46.3 Å². The first kappa shape index (κ1) is 31.8. The van der Waals surface area contributed by atoms with Crippen LogP contribution in [0, 0.1) is 5.92 Å². The second-order valence-corrected chi connectivity index (χ2v) is 15.7. The van der Waals surface area contributed by atoms with Crippen LogP contribution in [0.3, 0.4) is 0 Å². The minimum absolute atomic E-state index is 0.0590. The lowest BCUT2D eigenvalue weighted by Crippen LogP contribution is -2.47. The van der Waals surface area contributed by atoms with E-state index in [2.05, 4.69) is 10.3 Å². The van der Waals surface area contributed by atoms with Gasteiger partial charge in [-0.05, 0) is 77.1 Å². The molecule has 0 saturated heterocycles. The van der Waals surface area contributed by atoms with Crippen molar-refractivity contribution in [2.45, 2.75) is 85.1 Å². The van der Waals surface area contributed by atoms with Crippen molar-refractivity contribution in [1.82, 2.24) is 10.3 Å². The highest BCUT2D eigenvalue weighted by molar-refractivity contribution is 7.92. The Morgan fingerprint density at radius 1 is 0.975 bits per heavy atom. The maximum absolute atomic E-state index is 13.2. The Morgan fingerprint density at radius 2 is 1.55 bits per heavy atom. The second kappa shape index (κ2) is 10.6. The van der Waals surface area contributed by atoms with Gasteiger partial charge in [0.2, 0.25) is 0 Å². The molecule has 1 aromatic heterocycles. The summed E-state index contributed by atoms with van der Waals surface area (Å²) < 4.78 is 129. The molecule has 40 heavy (non-hydrogen) atoms. The van der Waals surface area contributed by atoms with Crippen molar-refractivity contribution in [3.8, 4) is 0 Å². The number of aromatic nitrogens is 1. The second-order valence-electron chi connectivity index (χ2n) is 10.7. The quantitative estimate of drug-likeness (QED) is 0.396. The van der Waals surface area contributed by atoms with Crippen LogP contribution in [-0.4, -0.2) is 43.8 Å². The number of nitrogens with zero attached hydrogens (tertiary/aromatic N) is 1. The fourth-order valence-electron chi connectivity index (χ4n) is 4.48. The van der Waals surface area contributed by atoms with E-state index in [0.717, 1.165) is 18.2 Å². The zero-order valence-corrected chi connectivity index (χ0v) is 23.5. The molecular weight excluding hydrogens is 586 g/mol. The number of sulfone groups is 2. The van der Waals surface area contributed by atoms with Crippen molar-refractivity contribution < 1.29 is 48.0 Å². The summed E-state index contributed by atoms with van der Waals surface area (Å²) in [5.74, 6) is -1.24. The van der Waals surface area contributed by atoms with Crippen LogP contribution in [0.5, 0.6) is 0 Å². The number of hydrogen-bond acceptors (Lipinski definition) is 6. The molecule has 0 unspecified atom stereocenters. The van der Waals surface area contributed by atoms with Crippen molar-refractivity contribution in [1.29, 1.82) is 0 Å². The molecule has 1 heterocycles. The van der Waals surface area contributed by atoms with Crippen molar-refractivity contribution >= 4 is 25.6 Å². The average Bonchev–Trinajstić information content (AvgIpc) is 2.80. The highest BCUT2D eigenvalue weighted by Crippen LogP contribution is 2.41. The van der Waals surface area contributed by atoms with Crippen molar-refractivity contribution in [2.75, 3.05) is 0 Å². The van der Waals surface area contributed by atoms with E-state index in [1.807, 2.05) is 0 Å². The molecular formula is C25H28F6N2O5S2. The van der Waals surface area contributed by atoms with Crippen molar-refractivity contribution in [2.24, 2.45) is 5.92 Å². The first-order valence-corrected chi connectivity index (χ1v) is 15.1. The summed E-state index contributed by atoms with van der Waals surface area (Å²) in [5.41, 5.74) is -3.10. The van der Waals surface area contributed by atoms with Crippen molar-refractivity contribution in [3.05, 3.63) is 53.3 Å². The van der Waals surface area contributed by atoms with E-state index in [1.165, 1.54) is 27.7 Å². The third-order valence-electron chi connectivity index (χ3n) is 6.87. The van der Waals surface area contributed by atoms with Gasteiger partial charge >= 0.3 is 12.4 Å². The Hall–Kier alpha value is -2.68. The first-order valence-electron chi connectivity index (χ1n) is 12.1. The molecule has 1 saturated carbocycles. The lowest BCUT2D eigenvalue weighted by molar-refractivity contribution is -0.138. The minimum Gasteiger partial charge on any atom is -0.348 e. The maximum atomic E-state index is 13.2. The Labute approximate surface area is 228 Å². The molecule has 2 aromatic rings. The number of hydrogen-bond donors (Lipinski definition) is 1. The topological polar surface area (TPSA) is 110 Å². The van der Waals surface area contributed by atoms with Gasteiger partial charge in [0.05, 0.1) is 30.9 Å². The smallest absolute Gasteiger partial charge is 0.348 e. The van der Waals surface area contributed by atoms with Gasteiger partial charge in [-0.1, -0.05) is 6.07 Å². The molecule has 0 atom stereocenters. The minimum atomic E-state index is -4.88. The average molecular weight is 615 g/mol. The fourth-order valence-corrected chi connectivity index (χ4v) is 7.33. The van der Waals surface area contributed by atoms with Crippen LogP contribution in [0.4, 0.5) is 26.3 Å². The summed E-state index contributed by atoms with van der Waals surface area (Å²) in [4.78, 5) is 15.0. The number of benzene rings is 1. The number of carbonyl (C=O) groups excluding carboxylic acids is 1. The predicted molar refractivity (Wildman–Crippen MR) is 133 cm³/mol. The Balaban J connectivity index is 1.73. The standard InChI is InChI=1S/C25H28F6N2O5S2/c1-14(2)39(35,36)20-11-17(25(29,30)31)13-32-21(20)22(34)33-18-8-15(9-18)12-23(3,4)40(37,38)19-7-5-6-16(10-19)24(26,27)28/h5-7,10-11,13-15,18H,8-9,12H2,1-4H3,(H,33,34)/t15-,18+. The zero-order valence-electron chi connectivity index (χ0n) is 21.9. The Bertz CT molecular complexity index is 1490. The third kappa shape index (κ3) is 6.45. The van der Waals surface area contributed by atoms with E-state index in [9.17, 15) is 48.0 Å². The summed E-state index contributed by atoms with van der Waals surface area (Å²) >= 11 is 0. The van der Waals surface area contributed by atoms with Gasteiger partial charge in [-0.25, -0.2) is 21.8 Å². The largest absolute Gasteiger partial charge is 0.417 e. The van der Waals surface area contributed by atoms with E-state index in [4.69, 9.17) is 0 Å². The SMILES string of the molecule is CC(C)S(=O)(=O)c1cc(C(F)(F)F)cnc1C(=O)N[C@H]1C[C@@H](CC(C)(C)S(=O)(=O)c2cccc(C(F)(F)F)c2)C1. The fraction of sp³-hybridized carbons (Fsp3) is 0.520. The molecule has 1 aromatic carbocycles. The van der Waals surface area contributed by atoms with Gasteiger partial charge < -0.3 is 5.32 Å². The normalized spacial score (nSPS) is 18.9. The number of pyridine rings is 1. The van der Waals surface area contributed by atoms with Gasteiger partial charge in [-0.3, -0.25) is 4.79 Å². The highest BCUT2D eigenvalue weighted by atomic mass is 32.2. The molecule has 0 bridgehead atoms. The molecule has 7 nitrogen and oxygen atoms in total. The molecule has 1 amide bonds. The number of carbonyl (C=O) groups is 1. The summed E-state index contributed by atoms with van der Waals surface area (Å²) in [5, 5.41) is 1.40. The molecule has 15 heteroatoms. The zero-order chi connectivity index (χ0) is 30.5. The van der Waals surface area contributed by atoms with E-state index in [0.29, 0.717) is 18.3 Å². The molecule has 1 aliphatic rings. The van der Waals surface area contributed by atoms with Gasteiger partial charge in [-0.15, -0.1) is 0 Å². The summed E-state index contributed by atoms with van der Waals surface area (Å²) in [6.07, 6.45) is -8.64. The van der Waals surface area contributed by atoms with Crippen LogP contribution in [0.1, 0.15) is 68.6 Å². The van der Waals surface area contributed by atoms with E-state index in [1.54, 1.807) is 0 Å². The summed E-state index contributed by atoms with van der Waals surface area (Å²) in [6.45, 7) is 5.29. The molecule has 3 rings (SSSR count). The van der Waals surface area contributed by atoms with E-state index < -0.39 is 80.6 Å². The summed E-state index contributed by atoms with van der Waals surface area (Å²) in [6, 6.07) is 3.31. The molecule has 1 aliphatic carbocycles. The van der Waals surface area contributed by atoms with Crippen molar-refractivity contribution in [3.63, 3.8) is 0 Å². The van der Waals surface area contributed by atoms with E-state index >= 15 is 0 Å². The Morgan fingerprint density at radius 3 is 2.08 bits per heavy atom. The van der Waals surface area contributed by atoms with Gasteiger partial charge in [0, 0.05) is 12.2 Å². The molecule has 222 valence electrons. The number of alkyl halides is 6. The van der Waals surface area contributed by atoms with E-state index in [-0.39, 0.29) is 25.2 Å². The first-order chi connectivity index (χ1) is 18.1. The lowest BCUT2D eigenvalue weighted by atomic mass is 9.75. The maximum Gasteiger partial charge on any atom is 0.417 e. The van der Waals surface area contributed by atoms with Gasteiger partial charge in [0.1, 0.15) is 5.69 Å². The monoisotopic (exact) mass is 614 g/mol. The third-order valence-corrected chi connectivity index (χ3v) is 11.5. The molecule has 0 aliphatic heterocycles. The van der Waals surface area contributed by atoms with Gasteiger partial charge in [0.15, 0.2) is 19.7 Å². The molecule has 1 N–H and O–H groups in total. The van der Waals surface area contributed by atoms with Crippen LogP contribution in [-0.2, 0) is 32.0 Å². The number of nitrogens with one attached hydrogen (secondary N) is 1. The number of rotatable bonds is 8. The summed E-state index contributed by atoms with van der Waals surface area (Å²) in [7, 11) is -8.49. The van der Waals surface area contributed by atoms with Gasteiger partial charge in [-0.2, -0.15) is 26.3 Å². The predicted octanol–water partition coefficient (Wildman–Crippen LogP) is 5.45. The van der Waals surface area contributed by atoms with Crippen LogP contribution >= 0.6 is 0 Å².